The predicted octanol–water partition coefficient (Wildman–Crippen LogP) is 4.70. The molecule has 3 N–H and O–H groups in total. The predicted molar refractivity (Wildman–Crippen MR) is 194 cm³/mol. The molecule has 1 aromatic carbocycles. The molecule has 0 atom stereocenters. The first-order chi connectivity index (χ1) is 24.0. The molecule has 2 fully saturated rings. The topological polar surface area (TPSA) is 117 Å². The number of alkyl halides is 3. The van der Waals surface area contributed by atoms with E-state index in [1.54, 1.807) is 13.1 Å². The highest BCUT2D eigenvalue weighted by atomic mass is 32.1. The summed E-state index contributed by atoms with van der Waals surface area (Å²) in [5.74, 6) is 0.952. The second-order valence-corrected chi connectivity index (χ2v) is 14.1. The lowest BCUT2D eigenvalue weighted by molar-refractivity contribution is -0.126. The van der Waals surface area contributed by atoms with Crippen molar-refractivity contribution in [2.45, 2.75) is 51.5 Å². The van der Waals surface area contributed by atoms with E-state index in [2.05, 4.69) is 70.3 Å². The third kappa shape index (κ3) is 9.29. The van der Waals surface area contributed by atoms with Gasteiger partial charge in [0.1, 0.15) is 28.7 Å². The summed E-state index contributed by atoms with van der Waals surface area (Å²) in [5, 5.41) is 20.9. The van der Waals surface area contributed by atoms with Gasteiger partial charge in [-0.2, -0.15) is 23.4 Å². The summed E-state index contributed by atoms with van der Waals surface area (Å²) in [7, 11) is 5.45. The summed E-state index contributed by atoms with van der Waals surface area (Å²) < 4.78 is 41.3. The second-order valence-electron chi connectivity index (χ2n) is 12.9. The zero-order valence-electron chi connectivity index (χ0n) is 29.2. The summed E-state index contributed by atoms with van der Waals surface area (Å²) in [6.07, 6.45) is -2.54. The monoisotopic (exact) mass is 712 g/mol. The number of aryl methyl sites for hydroxylation is 1. The average Bonchev–Trinajstić information content (AvgIpc) is 3.67. The number of rotatable bonds is 11. The number of nitrogens with zero attached hydrogens (tertiary/aromatic N) is 7. The van der Waals surface area contributed by atoms with Gasteiger partial charge in [-0.05, 0) is 63.2 Å². The van der Waals surface area contributed by atoms with Crippen LogP contribution in [0.4, 0.5) is 24.9 Å². The van der Waals surface area contributed by atoms with Crippen LogP contribution in [0, 0.1) is 18.3 Å². The molecule has 2 saturated heterocycles. The number of carbonyl (C=O) groups excluding carboxylic acids is 1. The van der Waals surface area contributed by atoms with Gasteiger partial charge in [-0.25, -0.2) is 4.98 Å². The van der Waals surface area contributed by atoms with Crippen LogP contribution in [0.5, 0.6) is 0 Å². The fourth-order valence-corrected chi connectivity index (χ4v) is 7.77. The van der Waals surface area contributed by atoms with E-state index in [1.807, 2.05) is 20.2 Å². The van der Waals surface area contributed by atoms with Gasteiger partial charge >= 0.3 is 6.18 Å². The SMILES string of the molecule is CNC.CNc1nc(NC2CCN(Cc3ccc4c(cc(C#N)n4CCN4CCN(CC=O)CC4)c3C)CC2)c2cc(CC(F)(F)F)sc2n1. The van der Waals surface area contributed by atoms with Gasteiger partial charge in [0.05, 0.1) is 18.4 Å². The number of aldehydes is 1. The van der Waals surface area contributed by atoms with Crippen molar-refractivity contribution in [3.63, 3.8) is 0 Å². The minimum absolute atomic E-state index is 0.142. The van der Waals surface area contributed by atoms with Crippen LogP contribution < -0.4 is 16.0 Å². The molecule has 0 radical (unpaired) electrons. The molecular formula is C35H47F3N10OS. The maximum Gasteiger partial charge on any atom is 0.393 e. The highest BCUT2D eigenvalue weighted by Gasteiger charge is 2.30. The number of hydrogen-bond acceptors (Lipinski definition) is 11. The first-order valence-corrected chi connectivity index (χ1v) is 17.9. The summed E-state index contributed by atoms with van der Waals surface area (Å²) >= 11 is 1.06. The standard InChI is InChI=1S/C33H40F3N9OS.C2H7N/c1-22-23(3-4-29-27(22)17-25(20-37)45(29)14-13-42-9-11-43(12-10-42)15-16-46)21-44-7-5-24(6-8-44)39-30-28-18-26(19-33(34,35)36)47-31(28)41-32(38-2)40-30;1-3-2/h3-4,16-18,24H,5-15,19,21H2,1-2H3,(H2,38,39,40,41);3H,1-2H3. The summed E-state index contributed by atoms with van der Waals surface area (Å²) in [6.45, 7) is 10.4. The molecule has 0 spiro atoms. The number of hydrogen-bond donors (Lipinski definition) is 3. The Morgan fingerprint density at radius 1 is 0.980 bits per heavy atom. The molecular weight excluding hydrogens is 666 g/mol. The van der Waals surface area contributed by atoms with Crippen molar-refractivity contribution < 1.29 is 18.0 Å². The zero-order chi connectivity index (χ0) is 35.8. The number of piperazine rings is 1. The van der Waals surface area contributed by atoms with Gasteiger partial charge < -0.3 is 25.3 Å². The van der Waals surface area contributed by atoms with E-state index >= 15 is 0 Å². The average molecular weight is 713 g/mol. The fraction of sp³-hybridized carbons (Fsp3) is 0.543. The summed E-state index contributed by atoms with van der Waals surface area (Å²) in [5.41, 5.74) is 4.18. The molecule has 3 aromatic heterocycles. The Kier molecular flexibility index (Phi) is 12.7. The van der Waals surface area contributed by atoms with Crippen molar-refractivity contribution in [1.82, 2.24) is 34.6 Å². The van der Waals surface area contributed by atoms with Crippen molar-refractivity contribution in [1.29, 1.82) is 5.26 Å². The number of anilines is 2. The van der Waals surface area contributed by atoms with Gasteiger partial charge in [0.15, 0.2) is 0 Å². The number of likely N-dealkylation sites (tertiary alicyclic amines) is 1. The quantitative estimate of drug-likeness (QED) is 0.189. The Morgan fingerprint density at radius 2 is 1.68 bits per heavy atom. The van der Waals surface area contributed by atoms with Crippen LogP contribution in [-0.2, 0) is 24.3 Å². The van der Waals surface area contributed by atoms with Gasteiger partial charge in [-0.1, -0.05) is 6.07 Å². The number of carbonyl (C=O) groups is 1. The first kappa shape index (κ1) is 37.4. The molecule has 0 bridgehead atoms. The van der Waals surface area contributed by atoms with Crippen LogP contribution in [0.15, 0.2) is 24.3 Å². The Bertz CT molecular complexity index is 1780. The van der Waals surface area contributed by atoms with Crippen LogP contribution in [-0.4, -0.2) is 121 Å². The minimum Gasteiger partial charge on any atom is -0.367 e. The lowest BCUT2D eigenvalue weighted by atomic mass is 10.0. The lowest BCUT2D eigenvalue weighted by Gasteiger charge is -2.33. The number of piperidine rings is 1. The smallest absolute Gasteiger partial charge is 0.367 e. The molecule has 50 heavy (non-hydrogen) atoms. The first-order valence-electron chi connectivity index (χ1n) is 17.1. The third-order valence-electron chi connectivity index (χ3n) is 9.38. The van der Waals surface area contributed by atoms with Crippen LogP contribution in [0.2, 0.25) is 0 Å². The van der Waals surface area contributed by atoms with E-state index in [0.29, 0.717) is 34.2 Å². The molecule has 2 aliphatic rings. The number of aromatic nitrogens is 3. The Morgan fingerprint density at radius 3 is 2.32 bits per heavy atom. The van der Waals surface area contributed by atoms with Gasteiger partial charge in [0, 0.05) is 87.8 Å². The summed E-state index contributed by atoms with van der Waals surface area (Å²) in [6, 6.07) is 10.4. The van der Waals surface area contributed by atoms with Gasteiger partial charge in [0.2, 0.25) is 5.95 Å². The van der Waals surface area contributed by atoms with E-state index in [0.717, 1.165) is 100 Å². The molecule has 0 unspecified atom stereocenters. The Hall–Kier alpha value is -3.81. The molecule has 270 valence electrons. The molecule has 0 amide bonds. The molecule has 5 heterocycles. The molecule has 2 aliphatic heterocycles. The normalized spacial score (nSPS) is 16.7. The second kappa shape index (κ2) is 16.9. The van der Waals surface area contributed by atoms with Crippen molar-refractivity contribution in [3.05, 3.63) is 46.0 Å². The fourth-order valence-electron chi connectivity index (χ4n) is 6.72. The maximum atomic E-state index is 13.1. The number of halogens is 3. The third-order valence-corrected chi connectivity index (χ3v) is 10.4. The van der Waals surface area contributed by atoms with E-state index in [-0.39, 0.29) is 10.9 Å². The minimum atomic E-state index is -4.28. The van der Waals surface area contributed by atoms with Crippen LogP contribution in [0.3, 0.4) is 0 Å². The molecule has 6 rings (SSSR count). The molecule has 0 aliphatic carbocycles. The molecule has 11 nitrogen and oxygen atoms in total. The largest absolute Gasteiger partial charge is 0.393 e. The van der Waals surface area contributed by atoms with Crippen LogP contribution >= 0.6 is 11.3 Å². The van der Waals surface area contributed by atoms with Crippen LogP contribution in [0.1, 0.15) is 34.5 Å². The Balaban J connectivity index is 0.00000156. The number of fused-ring (bicyclic) bond motifs is 2. The Labute approximate surface area is 295 Å². The molecule has 15 heteroatoms. The van der Waals surface area contributed by atoms with Gasteiger partial charge in [-0.3, -0.25) is 14.7 Å². The number of nitriles is 1. The van der Waals surface area contributed by atoms with E-state index in [4.69, 9.17) is 0 Å². The van der Waals surface area contributed by atoms with Crippen molar-refractivity contribution in [2.24, 2.45) is 0 Å². The van der Waals surface area contributed by atoms with Gasteiger partial charge in [-0.15, -0.1) is 11.3 Å². The summed E-state index contributed by atoms with van der Waals surface area (Å²) in [4.78, 5) is 27.5. The number of nitrogens with one attached hydrogen (secondary N) is 3. The van der Waals surface area contributed by atoms with Gasteiger partial charge in [0.25, 0.3) is 0 Å². The number of thiophene rings is 1. The van der Waals surface area contributed by atoms with Crippen molar-refractivity contribution in [2.75, 3.05) is 84.1 Å². The maximum absolute atomic E-state index is 13.1. The number of benzene rings is 1. The molecule has 0 saturated carbocycles. The molecule has 4 aromatic rings. The zero-order valence-corrected chi connectivity index (χ0v) is 30.1. The highest BCUT2D eigenvalue weighted by Crippen LogP contribution is 2.35. The van der Waals surface area contributed by atoms with E-state index in [9.17, 15) is 23.2 Å². The van der Waals surface area contributed by atoms with Crippen molar-refractivity contribution >= 4 is 50.5 Å². The van der Waals surface area contributed by atoms with E-state index in [1.165, 1.54) is 11.1 Å². The van der Waals surface area contributed by atoms with Crippen LogP contribution in [0.25, 0.3) is 21.1 Å². The highest BCUT2D eigenvalue weighted by molar-refractivity contribution is 7.18. The lowest BCUT2D eigenvalue weighted by Crippen LogP contribution is -2.47. The van der Waals surface area contributed by atoms with E-state index < -0.39 is 12.6 Å². The van der Waals surface area contributed by atoms with Crippen molar-refractivity contribution in [3.8, 4) is 6.07 Å².